The first-order valence-electron chi connectivity index (χ1n) is 6.60. The van der Waals surface area contributed by atoms with E-state index in [0.717, 1.165) is 12.1 Å². The van der Waals surface area contributed by atoms with Crippen LogP contribution in [0, 0.1) is 22.5 Å². The topological polar surface area (TPSA) is 55.1 Å². The van der Waals surface area contributed by atoms with Crippen LogP contribution in [0.5, 0.6) is 0 Å². The Morgan fingerprint density at radius 2 is 1.70 bits per heavy atom. The standard InChI is InChI=1S/C15H20F2N2O/c1-14(2)12(18)15(3,4)13(14)19-11(20)8-5-6-9(16)10(17)7-8/h5-7,12-13H,18H2,1-4H3,(H,19,20). The van der Waals surface area contributed by atoms with Crippen LogP contribution in [0.3, 0.4) is 0 Å². The highest BCUT2D eigenvalue weighted by Gasteiger charge is 2.60. The molecular weight excluding hydrogens is 262 g/mol. The van der Waals surface area contributed by atoms with Gasteiger partial charge in [-0.05, 0) is 18.2 Å². The van der Waals surface area contributed by atoms with Gasteiger partial charge in [-0.15, -0.1) is 0 Å². The zero-order valence-electron chi connectivity index (χ0n) is 12.1. The van der Waals surface area contributed by atoms with Crippen LogP contribution < -0.4 is 11.1 Å². The van der Waals surface area contributed by atoms with Gasteiger partial charge < -0.3 is 11.1 Å². The second-order valence-electron chi connectivity index (χ2n) is 6.66. The van der Waals surface area contributed by atoms with Crippen molar-refractivity contribution >= 4 is 5.91 Å². The minimum Gasteiger partial charge on any atom is -0.348 e. The molecule has 20 heavy (non-hydrogen) atoms. The molecule has 0 spiro atoms. The molecule has 1 amide bonds. The van der Waals surface area contributed by atoms with Gasteiger partial charge in [-0.1, -0.05) is 27.7 Å². The van der Waals surface area contributed by atoms with Crippen molar-refractivity contribution in [1.29, 1.82) is 0 Å². The van der Waals surface area contributed by atoms with Crippen molar-refractivity contribution in [2.45, 2.75) is 39.8 Å². The van der Waals surface area contributed by atoms with Crippen LogP contribution in [0.25, 0.3) is 0 Å². The molecule has 0 aromatic heterocycles. The Morgan fingerprint density at radius 1 is 1.15 bits per heavy atom. The van der Waals surface area contributed by atoms with E-state index in [2.05, 4.69) is 5.32 Å². The number of benzene rings is 1. The molecule has 0 atom stereocenters. The summed E-state index contributed by atoms with van der Waals surface area (Å²) in [6.07, 6.45) is 0. The van der Waals surface area contributed by atoms with Gasteiger partial charge >= 0.3 is 0 Å². The Labute approximate surface area is 117 Å². The van der Waals surface area contributed by atoms with Crippen LogP contribution >= 0.6 is 0 Å². The van der Waals surface area contributed by atoms with E-state index in [4.69, 9.17) is 5.73 Å². The fourth-order valence-corrected chi connectivity index (χ4v) is 3.40. The predicted octanol–water partition coefficient (Wildman–Crippen LogP) is 2.46. The van der Waals surface area contributed by atoms with Crippen LogP contribution in [-0.2, 0) is 0 Å². The number of carbonyl (C=O) groups is 1. The molecule has 0 heterocycles. The molecule has 1 saturated carbocycles. The van der Waals surface area contributed by atoms with E-state index in [1.165, 1.54) is 6.07 Å². The summed E-state index contributed by atoms with van der Waals surface area (Å²) in [4.78, 5) is 12.2. The maximum atomic E-state index is 13.2. The molecule has 3 nitrogen and oxygen atoms in total. The van der Waals surface area contributed by atoms with Gasteiger partial charge in [0.05, 0.1) is 0 Å². The van der Waals surface area contributed by atoms with E-state index < -0.39 is 17.5 Å². The molecule has 1 aromatic carbocycles. The number of halogens is 2. The Balaban J connectivity index is 2.18. The predicted molar refractivity (Wildman–Crippen MR) is 73.1 cm³/mol. The first kappa shape index (κ1) is 14.9. The molecular formula is C15H20F2N2O. The molecule has 1 aromatic rings. The van der Waals surface area contributed by atoms with Crippen molar-refractivity contribution in [3.05, 3.63) is 35.4 Å². The average Bonchev–Trinajstić information content (AvgIpc) is 2.37. The number of hydrogen-bond acceptors (Lipinski definition) is 2. The maximum absolute atomic E-state index is 13.2. The smallest absolute Gasteiger partial charge is 0.251 e. The lowest BCUT2D eigenvalue weighted by atomic mass is 9.48. The molecule has 0 bridgehead atoms. The van der Waals surface area contributed by atoms with Crippen LogP contribution in [0.2, 0.25) is 0 Å². The van der Waals surface area contributed by atoms with Crippen LogP contribution in [0.1, 0.15) is 38.1 Å². The molecule has 0 radical (unpaired) electrons. The van der Waals surface area contributed by atoms with Gasteiger partial charge in [-0.2, -0.15) is 0 Å². The van der Waals surface area contributed by atoms with Crippen LogP contribution in [-0.4, -0.2) is 18.0 Å². The molecule has 5 heteroatoms. The first-order chi connectivity index (χ1) is 9.08. The van der Waals surface area contributed by atoms with E-state index in [1.807, 2.05) is 27.7 Å². The Hall–Kier alpha value is -1.49. The molecule has 1 aliphatic rings. The number of nitrogens with one attached hydrogen (secondary N) is 1. The molecule has 110 valence electrons. The third-order valence-electron chi connectivity index (χ3n) is 4.55. The largest absolute Gasteiger partial charge is 0.348 e. The van der Waals surface area contributed by atoms with Crippen molar-refractivity contribution in [1.82, 2.24) is 5.32 Å². The fourth-order valence-electron chi connectivity index (χ4n) is 3.40. The third kappa shape index (κ3) is 2.10. The van der Waals surface area contributed by atoms with Crippen LogP contribution in [0.15, 0.2) is 18.2 Å². The third-order valence-corrected chi connectivity index (χ3v) is 4.55. The monoisotopic (exact) mass is 282 g/mol. The summed E-state index contributed by atoms with van der Waals surface area (Å²) >= 11 is 0. The van der Waals surface area contributed by atoms with Gasteiger partial charge in [0.2, 0.25) is 0 Å². The van der Waals surface area contributed by atoms with Gasteiger partial charge in [-0.3, -0.25) is 4.79 Å². The quantitative estimate of drug-likeness (QED) is 0.875. The SMILES string of the molecule is CC1(C)C(N)C(C)(C)C1NC(=O)c1ccc(F)c(F)c1. The number of rotatable bonds is 2. The Kier molecular flexibility index (Phi) is 3.37. The van der Waals surface area contributed by atoms with Crippen molar-refractivity contribution in [2.75, 3.05) is 0 Å². The highest BCUT2D eigenvalue weighted by atomic mass is 19.2. The molecule has 0 aliphatic heterocycles. The lowest BCUT2D eigenvalue weighted by Gasteiger charge is -2.62. The molecule has 0 unspecified atom stereocenters. The summed E-state index contributed by atoms with van der Waals surface area (Å²) in [5.41, 5.74) is 5.75. The normalized spacial score (nSPS) is 26.8. The highest BCUT2D eigenvalue weighted by molar-refractivity contribution is 5.94. The van der Waals surface area contributed by atoms with Crippen molar-refractivity contribution in [2.24, 2.45) is 16.6 Å². The van der Waals surface area contributed by atoms with E-state index >= 15 is 0 Å². The molecule has 1 fully saturated rings. The summed E-state index contributed by atoms with van der Waals surface area (Å²) in [5, 5.41) is 2.88. The number of carbonyl (C=O) groups excluding carboxylic acids is 1. The average molecular weight is 282 g/mol. The van der Waals surface area contributed by atoms with E-state index in [9.17, 15) is 13.6 Å². The number of nitrogens with two attached hydrogens (primary N) is 1. The Bertz CT molecular complexity index is 539. The van der Waals surface area contributed by atoms with Gasteiger partial charge in [0.1, 0.15) is 0 Å². The molecule has 0 saturated heterocycles. The summed E-state index contributed by atoms with van der Waals surface area (Å²) in [7, 11) is 0. The molecule has 3 N–H and O–H groups in total. The van der Waals surface area contributed by atoms with E-state index in [1.54, 1.807) is 0 Å². The van der Waals surface area contributed by atoms with E-state index in [-0.39, 0.29) is 28.5 Å². The molecule has 1 aliphatic carbocycles. The lowest BCUT2D eigenvalue weighted by molar-refractivity contribution is -0.0663. The lowest BCUT2D eigenvalue weighted by Crippen LogP contribution is -2.76. The zero-order chi connectivity index (χ0) is 15.3. The first-order valence-corrected chi connectivity index (χ1v) is 6.60. The second kappa shape index (κ2) is 4.52. The van der Waals surface area contributed by atoms with Gasteiger partial charge in [-0.25, -0.2) is 8.78 Å². The Morgan fingerprint density at radius 3 is 2.20 bits per heavy atom. The van der Waals surface area contributed by atoms with Crippen molar-refractivity contribution in [3.8, 4) is 0 Å². The zero-order valence-corrected chi connectivity index (χ0v) is 12.1. The summed E-state index contributed by atoms with van der Waals surface area (Å²) < 4.78 is 26.0. The second-order valence-corrected chi connectivity index (χ2v) is 6.66. The van der Waals surface area contributed by atoms with Crippen molar-refractivity contribution in [3.63, 3.8) is 0 Å². The maximum Gasteiger partial charge on any atom is 0.251 e. The van der Waals surface area contributed by atoms with Gasteiger partial charge in [0, 0.05) is 28.5 Å². The number of hydrogen-bond donors (Lipinski definition) is 2. The summed E-state index contributed by atoms with van der Waals surface area (Å²) in [6.45, 7) is 7.94. The summed E-state index contributed by atoms with van der Waals surface area (Å²) in [5.74, 6) is -2.41. The summed E-state index contributed by atoms with van der Waals surface area (Å²) in [6, 6.07) is 2.97. The molecule has 2 rings (SSSR count). The fraction of sp³-hybridized carbons (Fsp3) is 0.533. The van der Waals surface area contributed by atoms with Gasteiger partial charge in [0.25, 0.3) is 5.91 Å². The van der Waals surface area contributed by atoms with E-state index in [0.29, 0.717) is 0 Å². The highest BCUT2D eigenvalue weighted by Crippen LogP contribution is 2.52. The van der Waals surface area contributed by atoms with Gasteiger partial charge in [0.15, 0.2) is 11.6 Å². The van der Waals surface area contributed by atoms with Crippen LogP contribution in [0.4, 0.5) is 8.78 Å². The van der Waals surface area contributed by atoms with Crippen molar-refractivity contribution < 1.29 is 13.6 Å². The minimum absolute atomic E-state index is 0.0368. The minimum atomic E-state index is -1.03. The number of amides is 1.